The van der Waals surface area contributed by atoms with Gasteiger partial charge in [-0.3, -0.25) is 4.57 Å². The Labute approximate surface area is 501 Å². The number of hydrogen-bond acceptors (Lipinski definition) is 6. The number of benzene rings is 10. The molecule has 7 heteroatoms. The first-order chi connectivity index (χ1) is 42.1. The molecule has 0 aliphatic heterocycles. The first-order valence-corrected chi connectivity index (χ1v) is 29.1. The fourth-order valence-corrected chi connectivity index (χ4v) is 12.3. The summed E-state index contributed by atoms with van der Waals surface area (Å²) in [5.74, 6) is 3.28. The van der Waals surface area contributed by atoms with E-state index in [1.807, 2.05) is 55.5 Å². The van der Waals surface area contributed by atoms with E-state index in [0.717, 1.165) is 94.2 Å². The van der Waals surface area contributed by atoms with E-state index < -0.39 is 0 Å². The van der Waals surface area contributed by atoms with E-state index in [4.69, 9.17) is 29.9 Å². The summed E-state index contributed by atoms with van der Waals surface area (Å²) in [7, 11) is 0. The quantitative estimate of drug-likeness (QED) is 0.107. The summed E-state index contributed by atoms with van der Waals surface area (Å²) in [6, 6.07) is 83.9. The highest BCUT2D eigenvalue weighted by atomic mass is 15.2. The zero-order valence-electron chi connectivity index (χ0n) is 48.4. The molecule has 0 unspecified atom stereocenters. The fraction of sp³-hybridized carbons (Fsp3) is 0.0633. The van der Waals surface area contributed by atoms with E-state index in [0.29, 0.717) is 35.1 Å². The van der Waals surface area contributed by atoms with Gasteiger partial charge in [-0.2, -0.15) is 9.97 Å². The second-order valence-electron chi connectivity index (χ2n) is 22.4. The summed E-state index contributed by atoms with van der Waals surface area (Å²) < 4.78 is 2.22. The molecule has 410 valence electrons. The molecule has 0 saturated carbocycles. The van der Waals surface area contributed by atoms with E-state index in [1.54, 1.807) is 6.08 Å². The lowest BCUT2D eigenvalue weighted by Gasteiger charge is -2.21. The summed E-state index contributed by atoms with van der Waals surface area (Å²) in [6.07, 6.45) is 7.61. The van der Waals surface area contributed by atoms with Gasteiger partial charge in [0, 0.05) is 44.0 Å². The zero-order valence-corrected chi connectivity index (χ0v) is 48.4. The Hall–Kier alpha value is -11.0. The molecule has 0 radical (unpaired) electrons. The molecule has 13 aromatic rings. The number of allylic oxidation sites excluding steroid dienone is 6. The maximum Gasteiger partial charge on any atom is 0.238 e. The van der Waals surface area contributed by atoms with Gasteiger partial charge in [0.2, 0.25) is 5.95 Å². The molecule has 0 fully saturated rings. The van der Waals surface area contributed by atoms with Crippen molar-refractivity contribution >= 4 is 33.0 Å². The Morgan fingerprint density at radius 3 is 1.49 bits per heavy atom. The molecule has 0 saturated heterocycles. The van der Waals surface area contributed by atoms with E-state index in [9.17, 15) is 0 Å². The molecule has 3 heterocycles. The molecule has 14 rings (SSSR count). The van der Waals surface area contributed by atoms with Crippen molar-refractivity contribution < 1.29 is 0 Å². The highest BCUT2D eigenvalue weighted by molar-refractivity contribution is 6.12. The van der Waals surface area contributed by atoms with Gasteiger partial charge in [-0.25, -0.2) is 19.9 Å². The van der Waals surface area contributed by atoms with Crippen LogP contribution in [0.1, 0.15) is 50.2 Å². The molecule has 7 nitrogen and oxygen atoms in total. The molecule has 0 N–H and O–H groups in total. The highest BCUT2D eigenvalue weighted by Gasteiger charge is 2.36. The van der Waals surface area contributed by atoms with Crippen molar-refractivity contribution in [2.24, 2.45) is 0 Å². The SMILES string of the molecule is C=CC=C(C)c1cccc(-c2nc(-c3cccc(-c4cccc(-c5cc(-c6ccccc6)cc(-c6ccccc6)c5)c4)c3)nc(-n3c4ccc(-c5nc(C(C=C)=CC)nc(-c6ccccc6)n5)cc4c4cc5c(cc43)C(C)(C)c3ccccc3-5)n2)c1. The largest absolute Gasteiger partial charge is 0.278 e. The number of rotatable bonds is 13. The van der Waals surface area contributed by atoms with Crippen LogP contribution in [0.15, 0.2) is 274 Å². The third kappa shape index (κ3) is 9.65. The van der Waals surface area contributed by atoms with Crippen molar-refractivity contribution in [1.82, 2.24) is 34.5 Å². The van der Waals surface area contributed by atoms with Gasteiger partial charge in [0.15, 0.2) is 29.1 Å². The standard InChI is InChI=1S/C79H59N7/c1-7-24-50(4)55-31-21-35-59(41-55)76-83-77(60-36-23-33-57(43-60)56-32-22-34-58(42-56)64-45-62(52-25-13-10-14-26-52)44-63(46-64)53-27-15-11-16-28-53)85-78(84-76)86-71-40-39-61(75-81-73(51(8-2)9-3)80-74(82-75)54-29-17-12-18-30-54)47-67(71)68-48-66-65-37-19-20-38-69(65)79(5,6)70(66)49-72(68)86/h7-49H,1-2H2,3-6H3. The normalized spacial score (nSPS) is 12.7. The molecule has 1 aliphatic carbocycles. The fourth-order valence-electron chi connectivity index (χ4n) is 12.3. The van der Waals surface area contributed by atoms with Crippen LogP contribution in [0.5, 0.6) is 0 Å². The highest BCUT2D eigenvalue weighted by Crippen LogP contribution is 2.51. The molecule has 3 aromatic heterocycles. The molecule has 0 amide bonds. The third-order valence-corrected chi connectivity index (χ3v) is 16.7. The Kier molecular flexibility index (Phi) is 13.5. The lowest BCUT2D eigenvalue weighted by molar-refractivity contribution is 0.661. The van der Waals surface area contributed by atoms with Crippen molar-refractivity contribution in [2.75, 3.05) is 0 Å². The molecule has 86 heavy (non-hydrogen) atoms. The Balaban J connectivity index is 0.965. The van der Waals surface area contributed by atoms with Crippen molar-refractivity contribution in [3.63, 3.8) is 0 Å². The van der Waals surface area contributed by atoms with Crippen LogP contribution in [-0.4, -0.2) is 34.5 Å². The molecule has 1 aliphatic rings. The minimum absolute atomic E-state index is 0.281. The van der Waals surface area contributed by atoms with E-state index in [-0.39, 0.29) is 5.41 Å². The van der Waals surface area contributed by atoms with Gasteiger partial charge in [0.05, 0.1) is 11.0 Å². The zero-order chi connectivity index (χ0) is 58.5. The number of hydrogen-bond donors (Lipinski definition) is 0. The van der Waals surface area contributed by atoms with Crippen LogP contribution in [0.4, 0.5) is 0 Å². The van der Waals surface area contributed by atoms with Gasteiger partial charge in [-0.05, 0) is 158 Å². The Morgan fingerprint density at radius 1 is 0.395 bits per heavy atom. The lowest BCUT2D eigenvalue weighted by atomic mass is 9.82. The van der Waals surface area contributed by atoms with E-state index in [1.165, 1.54) is 33.4 Å². The first kappa shape index (κ1) is 53.0. The average Bonchev–Trinajstić information content (AvgIpc) is 1.63. The predicted molar refractivity (Wildman–Crippen MR) is 356 cm³/mol. The van der Waals surface area contributed by atoms with Crippen LogP contribution < -0.4 is 0 Å². The number of fused-ring (bicyclic) bond motifs is 6. The first-order valence-electron chi connectivity index (χ1n) is 29.1. The Morgan fingerprint density at radius 2 is 0.872 bits per heavy atom. The van der Waals surface area contributed by atoms with Crippen LogP contribution >= 0.6 is 0 Å². The number of nitrogens with zero attached hydrogens (tertiary/aromatic N) is 7. The van der Waals surface area contributed by atoms with Crippen molar-refractivity contribution in [3.8, 4) is 107 Å². The van der Waals surface area contributed by atoms with Gasteiger partial charge >= 0.3 is 0 Å². The maximum absolute atomic E-state index is 5.55. The summed E-state index contributed by atoms with van der Waals surface area (Å²) in [6.45, 7) is 16.8. The van der Waals surface area contributed by atoms with Crippen LogP contribution in [0, 0.1) is 0 Å². The molecular weight excluding hydrogens is 1050 g/mol. The lowest BCUT2D eigenvalue weighted by Crippen LogP contribution is -2.15. The van der Waals surface area contributed by atoms with Crippen LogP contribution in [0.3, 0.4) is 0 Å². The van der Waals surface area contributed by atoms with E-state index in [2.05, 4.69) is 245 Å². The minimum atomic E-state index is -0.281. The van der Waals surface area contributed by atoms with Crippen LogP contribution in [0.25, 0.3) is 140 Å². The molecule has 10 aromatic carbocycles. The molecule has 0 spiro atoms. The van der Waals surface area contributed by atoms with Crippen molar-refractivity contribution in [2.45, 2.75) is 33.1 Å². The predicted octanol–water partition coefficient (Wildman–Crippen LogP) is 20.0. The summed E-state index contributed by atoms with van der Waals surface area (Å²) in [4.78, 5) is 31.7. The van der Waals surface area contributed by atoms with Gasteiger partial charge < -0.3 is 0 Å². The average molecular weight is 1110 g/mol. The summed E-state index contributed by atoms with van der Waals surface area (Å²) in [5, 5.41) is 2.05. The molecular formula is C79H59N7. The number of aromatic nitrogens is 7. The van der Waals surface area contributed by atoms with Gasteiger partial charge in [0.25, 0.3) is 0 Å². The van der Waals surface area contributed by atoms with Crippen LogP contribution in [-0.2, 0) is 5.41 Å². The maximum atomic E-state index is 5.55. The van der Waals surface area contributed by atoms with Crippen LogP contribution in [0.2, 0.25) is 0 Å². The van der Waals surface area contributed by atoms with E-state index >= 15 is 0 Å². The molecule has 0 atom stereocenters. The second kappa shape index (κ2) is 22.0. The van der Waals surface area contributed by atoms with Gasteiger partial charge in [0.1, 0.15) is 0 Å². The van der Waals surface area contributed by atoms with Crippen molar-refractivity contribution in [3.05, 3.63) is 297 Å². The monoisotopic (exact) mass is 1110 g/mol. The Bertz CT molecular complexity index is 4840. The third-order valence-electron chi connectivity index (χ3n) is 16.7. The summed E-state index contributed by atoms with van der Waals surface area (Å²) >= 11 is 0. The smallest absolute Gasteiger partial charge is 0.238 e. The molecule has 0 bridgehead atoms. The minimum Gasteiger partial charge on any atom is -0.278 e. The van der Waals surface area contributed by atoms with Gasteiger partial charge in [-0.1, -0.05) is 221 Å². The topological polar surface area (TPSA) is 82.3 Å². The van der Waals surface area contributed by atoms with Crippen molar-refractivity contribution in [1.29, 1.82) is 0 Å². The summed E-state index contributed by atoms with van der Waals surface area (Å²) in [5.41, 5.74) is 22.0. The second-order valence-corrected chi connectivity index (χ2v) is 22.4. The van der Waals surface area contributed by atoms with Gasteiger partial charge in [-0.15, -0.1) is 0 Å².